The number of hydrogen-bond donors (Lipinski definition) is 1. The van der Waals surface area contributed by atoms with Crippen LogP contribution in [0.5, 0.6) is 0 Å². The Morgan fingerprint density at radius 1 is 1.26 bits per heavy atom. The Morgan fingerprint density at radius 3 is 2.95 bits per heavy atom. The van der Waals surface area contributed by atoms with Crippen LogP contribution in [0.3, 0.4) is 0 Å². The summed E-state index contributed by atoms with van der Waals surface area (Å²) in [4.78, 5) is 13.2. The lowest BCUT2D eigenvalue weighted by Gasteiger charge is -2.25. The van der Waals surface area contributed by atoms with E-state index in [4.69, 9.17) is 0 Å². The van der Waals surface area contributed by atoms with Crippen LogP contribution in [-0.2, 0) is 6.42 Å². The molecule has 1 N–H and O–H groups in total. The fraction of sp³-hybridized carbons (Fsp3) is 0.357. The van der Waals surface area contributed by atoms with Crippen molar-refractivity contribution in [1.82, 2.24) is 15.0 Å². The molecular formula is C14H15BrN4. The number of halogens is 1. The molecule has 0 aliphatic heterocycles. The molecule has 3 rings (SSSR count). The number of rotatable bonds is 2. The number of fused-ring (bicyclic) bond motifs is 1. The van der Waals surface area contributed by atoms with E-state index in [-0.39, 0.29) is 6.04 Å². The molecule has 0 bridgehead atoms. The summed E-state index contributed by atoms with van der Waals surface area (Å²) in [6, 6.07) is 4.23. The van der Waals surface area contributed by atoms with E-state index in [9.17, 15) is 0 Å². The molecule has 2 aromatic heterocycles. The molecule has 1 aliphatic carbocycles. The van der Waals surface area contributed by atoms with E-state index in [1.54, 1.807) is 6.20 Å². The molecule has 5 heteroatoms. The van der Waals surface area contributed by atoms with Crippen LogP contribution >= 0.6 is 15.9 Å². The molecule has 0 unspecified atom stereocenters. The van der Waals surface area contributed by atoms with Gasteiger partial charge in [0.1, 0.15) is 11.6 Å². The third-order valence-electron chi connectivity index (χ3n) is 3.35. The Labute approximate surface area is 120 Å². The Hall–Kier alpha value is -1.49. The van der Waals surface area contributed by atoms with Gasteiger partial charge >= 0.3 is 0 Å². The predicted octanol–water partition coefficient (Wildman–Crippen LogP) is 3.43. The fourth-order valence-electron chi connectivity index (χ4n) is 2.44. The van der Waals surface area contributed by atoms with Crippen molar-refractivity contribution in [2.45, 2.75) is 32.2 Å². The minimum absolute atomic E-state index is 0.262. The molecule has 1 aliphatic rings. The fourth-order valence-corrected chi connectivity index (χ4v) is 2.67. The smallest absolute Gasteiger partial charge is 0.126 e. The molecule has 19 heavy (non-hydrogen) atoms. The van der Waals surface area contributed by atoms with Gasteiger partial charge in [0, 0.05) is 28.1 Å². The van der Waals surface area contributed by atoms with Crippen LogP contribution in [0.25, 0.3) is 0 Å². The van der Waals surface area contributed by atoms with E-state index >= 15 is 0 Å². The predicted molar refractivity (Wildman–Crippen MR) is 78.0 cm³/mol. The van der Waals surface area contributed by atoms with Gasteiger partial charge in [0.25, 0.3) is 0 Å². The van der Waals surface area contributed by atoms with Crippen molar-refractivity contribution in [3.63, 3.8) is 0 Å². The van der Waals surface area contributed by atoms with Gasteiger partial charge in [-0.05, 0) is 54.2 Å². The molecule has 1 atom stereocenters. The lowest BCUT2D eigenvalue weighted by molar-refractivity contribution is 0.580. The number of hydrogen-bond acceptors (Lipinski definition) is 4. The molecule has 2 heterocycles. The standard InChI is InChI=1S/C14H15BrN4/c1-9-16-8-11-12(18-9)3-2-4-13(11)19-14-6-5-10(15)7-17-14/h5-8,13H,2-4H2,1H3,(H,17,19)/t13-/m1/s1. The van der Waals surface area contributed by atoms with Crippen LogP contribution in [0.1, 0.15) is 36.0 Å². The summed E-state index contributed by atoms with van der Waals surface area (Å²) in [6.45, 7) is 1.94. The summed E-state index contributed by atoms with van der Waals surface area (Å²) < 4.78 is 0.987. The highest BCUT2D eigenvalue weighted by Crippen LogP contribution is 2.30. The van der Waals surface area contributed by atoms with E-state index < -0.39 is 0 Å². The first-order valence-corrected chi connectivity index (χ1v) is 7.22. The first kappa shape index (κ1) is 12.5. The van der Waals surface area contributed by atoms with Crippen molar-refractivity contribution in [2.24, 2.45) is 0 Å². The zero-order chi connectivity index (χ0) is 13.2. The monoisotopic (exact) mass is 318 g/mol. The molecule has 0 fully saturated rings. The molecule has 98 valence electrons. The number of anilines is 1. The maximum Gasteiger partial charge on any atom is 0.126 e. The molecule has 0 aromatic carbocycles. The molecule has 0 saturated carbocycles. The van der Waals surface area contributed by atoms with Gasteiger partial charge in [0.05, 0.1) is 6.04 Å². The van der Waals surface area contributed by atoms with Crippen LogP contribution in [0.2, 0.25) is 0 Å². The number of pyridine rings is 1. The summed E-state index contributed by atoms with van der Waals surface area (Å²) in [5.41, 5.74) is 2.38. The topological polar surface area (TPSA) is 50.7 Å². The van der Waals surface area contributed by atoms with E-state index in [0.717, 1.165) is 35.4 Å². The van der Waals surface area contributed by atoms with Gasteiger partial charge in [-0.15, -0.1) is 0 Å². The highest BCUT2D eigenvalue weighted by atomic mass is 79.9. The number of aromatic nitrogens is 3. The second-order valence-corrected chi connectivity index (χ2v) is 5.69. The zero-order valence-corrected chi connectivity index (χ0v) is 12.3. The van der Waals surface area contributed by atoms with E-state index in [1.165, 1.54) is 11.3 Å². The lowest BCUT2D eigenvalue weighted by atomic mass is 9.92. The average Bonchev–Trinajstić information content (AvgIpc) is 2.41. The summed E-state index contributed by atoms with van der Waals surface area (Å²) in [7, 11) is 0. The first-order valence-electron chi connectivity index (χ1n) is 6.43. The molecular weight excluding hydrogens is 304 g/mol. The van der Waals surface area contributed by atoms with Gasteiger partial charge in [-0.1, -0.05) is 0 Å². The molecule has 4 nitrogen and oxygen atoms in total. The minimum Gasteiger partial charge on any atom is -0.363 e. The second-order valence-electron chi connectivity index (χ2n) is 4.77. The highest BCUT2D eigenvalue weighted by Gasteiger charge is 2.21. The largest absolute Gasteiger partial charge is 0.363 e. The molecule has 0 saturated heterocycles. The van der Waals surface area contributed by atoms with E-state index in [0.29, 0.717) is 0 Å². The molecule has 0 spiro atoms. The van der Waals surface area contributed by atoms with Gasteiger partial charge in [-0.25, -0.2) is 15.0 Å². The second kappa shape index (κ2) is 5.25. The maximum atomic E-state index is 4.54. The third-order valence-corrected chi connectivity index (χ3v) is 3.82. The van der Waals surface area contributed by atoms with E-state index in [1.807, 2.05) is 25.3 Å². The summed E-state index contributed by atoms with van der Waals surface area (Å²) in [5, 5.41) is 3.47. The quantitative estimate of drug-likeness (QED) is 0.921. The average molecular weight is 319 g/mol. The summed E-state index contributed by atoms with van der Waals surface area (Å²) >= 11 is 3.39. The Balaban J connectivity index is 1.85. The lowest BCUT2D eigenvalue weighted by Crippen LogP contribution is -2.19. The summed E-state index contributed by atoms with van der Waals surface area (Å²) in [6.07, 6.45) is 7.05. The number of nitrogens with one attached hydrogen (secondary N) is 1. The van der Waals surface area contributed by atoms with Gasteiger partial charge in [0.15, 0.2) is 0 Å². The van der Waals surface area contributed by atoms with Crippen LogP contribution in [0.4, 0.5) is 5.82 Å². The molecule has 0 radical (unpaired) electrons. The van der Waals surface area contributed by atoms with Crippen molar-refractivity contribution in [1.29, 1.82) is 0 Å². The Kier molecular flexibility index (Phi) is 3.46. The highest BCUT2D eigenvalue weighted by molar-refractivity contribution is 9.10. The molecule has 2 aromatic rings. The van der Waals surface area contributed by atoms with Crippen molar-refractivity contribution >= 4 is 21.7 Å². The summed E-state index contributed by atoms with van der Waals surface area (Å²) in [5.74, 6) is 1.74. The van der Waals surface area contributed by atoms with Crippen LogP contribution in [0, 0.1) is 6.92 Å². The van der Waals surface area contributed by atoms with Gasteiger partial charge in [0.2, 0.25) is 0 Å². The maximum absolute atomic E-state index is 4.54. The van der Waals surface area contributed by atoms with Crippen LogP contribution < -0.4 is 5.32 Å². The normalized spacial score (nSPS) is 17.9. The first-order chi connectivity index (χ1) is 9.22. The van der Waals surface area contributed by atoms with Crippen molar-refractivity contribution in [3.05, 3.63) is 46.1 Å². The van der Waals surface area contributed by atoms with Crippen molar-refractivity contribution in [2.75, 3.05) is 5.32 Å². The van der Waals surface area contributed by atoms with Gasteiger partial charge < -0.3 is 5.32 Å². The zero-order valence-electron chi connectivity index (χ0n) is 10.7. The Bertz CT molecular complexity index is 582. The van der Waals surface area contributed by atoms with Crippen molar-refractivity contribution < 1.29 is 0 Å². The number of nitrogens with zero attached hydrogens (tertiary/aromatic N) is 3. The molecule has 0 amide bonds. The third kappa shape index (κ3) is 2.76. The van der Waals surface area contributed by atoms with Crippen molar-refractivity contribution in [3.8, 4) is 0 Å². The SMILES string of the molecule is Cc1ncc2c(n1)CCC[C@H]2Nc1ccc(Br)cn1. The van der Waals surface area contributed by atoms with Gasteiger partial charge in [-0.3, -0.25) is 0 Å². The van der Waals surface area contributed by atoms with E-state index in [2.05, 4.69) is 36.2 Å². The van der Waals surface area contributed by atoms with Crippen LogP contribution in [-0.4, -0.2) is 15.0 Å². The Morgan fingerprint density at radius 2 is 2.16 bits per heavy atom. The van der Waals surface area contributed by atoms with Crippen LogP contribution in [0.15, 0.2) is 29.0 Å². The number of aryl methyl sites for hydroxylation is 2. The van der Waals surface area contributed by atoms with Gasteiger partial charge in [-0.2, -0.15) is 0 Å². The minimum atomic E-state index is 0.262.